The van der Waals surface area contributed by atoms with Gasteiger partial charge in [0.25, 0.3) is 6.43 Å². The fraction of sp³-hybridized carbons (Fsp3) is 0.600. The van der Waals surface area contributed by atoms with Crippen molar-refractivity contribution in [2.24, 2.45) is 5.73 Å². The molecule has 20 heavy (non-hydrogen) atoms. The van der Waals surface area contributed by atoms with Crippen LogP contribution in [0.15, 0.2) is 12.1 Å². The van der Waals surface area contributed by atoms with Gasteiger partial charge in [-0.3, -0.25) is 0 Å². The van der Waals surface area contributed by atoms with Crippen molar-refractivity contribution in [3.05, 3.63) is 23.3 Å². The molecule has 3 rings (SSSR count). The van der Waals surface area contributed by atoms with Crippen molar-refractivity contribution in [2.45, 2.75) is 37.5 Å². The highest BCUT2D eigenvalue weighted by Gasteiger charge is 2.39. The summed E-state index contributed by atoms with van der Waals surface area (Å²) < 4.78 is 37.4. The Hall–Kier alpha value is -1.36. The van der Waals surface area contributed by atoms with E-state index in [2.05, 4.69) is 0 Å². The third kappa shape index (κ3) is 2.14. The van der Waals surface area contributed by atoms with Crippen LogP contribution in [-0.4, -0.2) is 19.8 Å². The Morgan fingerprint density at radius 1 is 1.15 bits per heavy atom. The van der Waals surface area contributed by atoms with Crippen LogP contribution in [0.3, 0.4) is 0 Å². The van der Waals surface area contributed by atoms with Crippen molar-refractivity contribution in [3.8, 4) is 11.5 Å². The lowest BCUT2D eigenvalue weighted by Crippen LogP contribution is -2.33. The van der Waals surface area contributed by atoms with Gasteiger partial charge >= 0.3 is 0 Å². The summed E-state index contributed by atoms with van der Waals surface area (Å²) in [5.74, 6) is 1.05. The molecule has 1 heterocycles. The van der Waals surface area contributed by atoms with E-state index in [-0.39, 0.29) is 11.0 Å². The number of rotatable bonds is 3. The molecule has 3 nitrogen and oxygen atoms in total. The first kappa shape index (κ1) is 13.6. The lowest BCUT2D eigenvalue weighted by atomic mass is 9.77. The number of nitrogens with two attached hydrogens (primary N) is 1. The molecule has 1 saturated carbocycles. The van der Waals surface area contributed by atoms with E-state index >= 15 is 0 Å². The zero-order valence-electron chi connectivity index (χ0n) is 11.3. The van der Waals surface area contributed by atoms with Gasteiger partial charge in [0.1, 0.15) is 13.2 Å². The SMILES string of the molecule is NCC1(c2cc(C(F)F)cc3c2OCCO3)CCCC1. The normalized spacial score (nSPS) is 20.4. The molecular weight excluding hydrogens is 264 g/mol. The third-order valence-electron chi connectivity index (χ3n) is 4.44. The molecule has 0 aromatic heterocycles. The lowest BCUT2D eigenvalue weighted by Gasteiger charge is -2.32. The van der Waals surface area contributed by atoms with Gasteiger partial charge in [0.15, 0.2) is 11.5 Å². The van der Waals surface area contributed by atoms with Crippen molar-refractivity contribution < 1.29 is 18.3 Å². The Balaban J connectivity index is 2.14. The second kappa shape index (κ2) is 5.20. The number of halogens is 2. The first-order valence-corrected chi connectivity index (χ1v) is 7.08. The molecule has 5 heteroatoms. The number of alkyl halides is 2. The van der Waals surface area contributed by atoms with Crippen LogP contribution in [0.25, 0.3) is 0 Å². The molecule has 0 saturated heterocycles. The number of benzene rings is 1. The second-order valence-electron chi connectivity index (χ2n) is 5.58. The molecule has 0 atom stereocenters. The number of fused-ring (bicyclic) bond motifs is 1. The van der Waals surface area contributed by atoms with Crippen LogP contribution >= 0.6 is 0 Å². The first-order chi connectivity index (χ1) is 9.66. The minimum atomic E-state index is -2.51. The topological polar surface area (TPSA) is 44.5 Å². The summed E-state index contributed by atoms with van der Waals surface area (Å²) in [6, 6.07) is 2.96. The highest BCUT2D eigenvalue weighted by Crippen LogP contribution is 2.49. The standard InChI is InChI=1S/C15H19F2NO2/c16-14(17)10-7-11(15(9-18)3-1-2-4-15)13-12(8-10)19-5-6-20-13/h7-8,14H,1-6,9,18H2. The zero-order valence-corrected chi connectivity index (χ0v) is 11.3. The Bertz CT molecular complexity index is 499. The Kier molecular flexibility index (Phi) is 3.54. The summed E-state index contributed by atoms with van der Waals surface area (Å²) in [7, 11) is 0. The molecule has 0 radical (unpaired) electrons. The van der Waals surface area contributed by atoms with E-state index in [1.807, 2.05) is 0 Å². The van der Waals surface area contributed by atoms with Gasteiger partial charge in [0.2, 0.25) is 0 Å². The highest BCUT2D eigenvalue weighted by molar-refractivity contribution is 5.54. The Morgan fingerprint density at radius 3 is 2.50 bits per heavy atom. The fourth-order valence-corrected chi connectivity index (χ4v) is 3.33. The molecule has 2 aliphatic rings. The largest absolute Gasteiger partial charge is 0.486 e. The maximum atomic E-state index is 13.1. The van der Waals surface area contributed by atoms with E-state index in [4.69, 9.17) is 15.2 Å². The van der Waals surface area contributed by atoms with Crippen LogP contribution in [0.5, 0.6) is 11.5 Å². The van der Waals surface area contributed by atoms with E-state index in [0.717, 1.165) is 31.2 Å². The van der Waals surface area contributed by atoms with Gasteiger partial charge in [-0.05, 0) is 25.0 Å². The van der Waals surface area contributed by atoms with E-state index in [0.29, 0.717) is 31.3 Å². The van der Waals surface area contributed by atoms with E-state index in [1.165, 1.54) is 6.07 Å². The van der Waals surface area contributed by atoms with Crippen LogP contribution in [0, 0.1) is 0 Å². The average molecular weight is 283 g/mol. The molecule has 1 aromatic carbocycles. The van der Waals surface area contributed by atoms with E-state index in [9.17, 15) is 8.78 Å². The molecule has 0 unspecified atom stereocenters. The predicted molar refractivity (Wildman–Crippen MR) is 71.6 cm³/mol. The Morgan fingerprint density at radius 2 is 1.85 bits per heavy atom. The van der Waals surface area contributed by atoms with Gasteiger partial charge in [0.05, 0.1) is 0 Å². The smallest absolute Gasteiger partial charge is 0.263 e. The quantitative estimate of drug-likeness (QED) is 0.926. The van der Waals surface area contributed by atoms with E-state index < -0.39 is 6.43 Å². The number of hydrogen-bond acceptors (Lipinski definition) is 3. The van der Waals surface area contributed by atoms with Crippen LogP contribution in [0.2, 0.25) is 0 Å². The lowest BCUT2D eigenvalue weighted by molar-refractivity contribution is 0.145. The summed E-state index contributed by atoms with van der Waals surface area (Å²) in [4.78, 5) is 0. The van der Waals surface area contributed by atoms with Crippen LogP contribution in [0.4, 0.5) is 8.78 Å². The van der Waals surface area contributed by atoms with Crippen molar-refractivity contribution in [2.75, 3.05) is 19.8 Å². The Labute approximate surface area is 117 Å². The van der Waals surface area contributed by atoms with Crippen LogP contribution < -0.4 is 15.2 Å². The fourth-order valence-electron chi connectivity index (χ4n) is 3.33. The van der Waals surface area contributed by atoms with Crippen LogP contribution in [0.1, 0.15) is 43.2 Å². The zero-order chi connectivity index (χ0) is 14.2. The molecule has 110 valence electrons. The first-order valence-electron chi connectivity index (χ1n) is 7.08. The van der Waals surface area contributed by atoms with Crippen molar-refractivity contribution in [3.63, 3.8) is 0 Å². The minimum absolute atomic E-state index is 0.0102. The van der Waals surface area contributed by atoms with Crippen molar-refractivity contribution in [1.29, 1.82) is 0 Å². The second-order valence-corrected chi connectivity index (χ2v) is 5.58. The summed E-state index contributed by atoms with van der Waals surface area (Å²) in [6.07, 6.45) is 1.48. The molecule has 1 aliphatic heterocycles. The molecule has 0 spiro atoms. The summed E-state index contributed by atoms with van der Waals surface area (Å²) in [5.41, 5.74) is 6.54. The third-order valence-corrected chi connectivity index (χ3v) is 4.44. The summed E-state index contributed by atoms with van der Waals surface area (Å²) >= 11 is 0. The van der Waals surface area contributed by atoms with Gasteiger partial charge in [-0.15, -0.1) is 0 Å². The van der Waals surface area contributed by atoms with Crippen molar-refractivity contribution >= 4 is 0 Å². The molecule has 0 amide bonds. The number of ether oxygens (including phenoxy) is 2. The van der Waals surface area contributed by atoms with Gasteiger partial charge in [-0.2, -0.15) is 0 Å². The maximum absolute atomic E-state index is 13.1. The van der Waals surface area contributed by atoms with Gasteiger partial charge in [-0.25, -0.2) is 8.78 Å². The minimum Gasteiger partial charge on any atom is -0.486 e. The number of hydrogen-bond donors (Lipinski definition) is 1. The van der Waals surface area contributed by atoms with Gasteiger partial charge in [0, 0.05) is 23.1 Å². The molecular formula is C15H19F2NO2. The molecule has 1 aliphatic carbocycles. The molecule has 1 fully saturated rings. The highest BCUT2D eigenvalue weighted by atomic mass is 19.3. The van der Waals surface area contributed by atoms with Crippen LogP contribution in [-0.2, 0) is 5.41 Å². The van der Waals surface area contributed by atoms with Gasteiger partial charge in [-0.1, -0.05) is 12.8 Å². The maximum Gasteiger partial charge on any atom is 0.263 e. The molecule has 1 aromatic rings. The molecule has 0 bridgehead atoms. The average Bonchev–Trinajstić information content (AvgIpc) is 2.96. The summed E-state index contributed by atoms with van der Waals surface area (Å²) in [6.45, 7) is 1.30. The predicted octanol–water partition coefficient (Wildman–Crippen LogP) is 3.17. The van der Waals surface area contributed by atoms with Gasteiger partial charge < -0.3 is 15.2 Å². The summed E-state index contributed by atoms with van der Waals surface area (Å²) in [5, 5.41) is 0. The van der Waals surface area contributed by atoms with Crippen molar-refractivity contribution in [1.82, 2.24) is 0 Å². The monoisotopic (exact) mass is 283 g/mol. The molecule has 2 N–H and O–H groups in total. The van der Waals surface area contributed by atoms with E-state index in [1.54, 1.807) is 6.07 Å².